The number of amides is 1. The summed E-state index contributed by atoms with van der Waals surface area (Å²) in [4.78, 5) is 11.7. The number of hydrogen-bond acceptors (Lipinski definition) is 5. The molecule has 0 bridgehead atoms. The molecule has 7 heteroatoms. The first-order valence-corrected chi connectivity index (χ1v) is 8.12. The summed E-state index contributed by atoms with van der Waals surface area (Å²) < 4.78 is 16.5. The minimum Gasteiger partial charge on any atom is -0.497 e. The Labute approximate surface area is 153 Å². The Balaban J connectivity index is 1.81. The fourth-order valence-corrected chi connectivity index (χ4v) is 2.41. The highest BCUT2D eigenvalue weighted by Crippen LogP contribution is 2.25. The van der Waals surface area contributed by atoms with Crippen LogP contribution in [0, 0.1) is 3.57 Å². The molecular formula is C17H17IN2O4. The number of halogens is 1. The van der Waals surface area contributed by atoms with Crippen LogP contribution < -0.4 is 19.6 Å². The number of rotatable bonds is 7. The topological polar surface area (TPSA) is 69.2 Å². The van der Waals surface area contributed by atoms with Crippen molar-refractivity contribution in [1.82, 2.24) is 5.43 Å². The molecule has 2 aromatic carbocycles. The lowest BCUT2D eigenvalue weighted by Crippen LogP contribution is -2.24. The summed E-state index contributed by atoms with van der Waals surface area (Å²) in [5.74, 6) is 1.77. The quantitative estimate of drug-likeness (QED) is 0.409. The number of ether oxygens (including phenoxy) is 3. The number of hydrazone groups is 1. The second kappa shape index (κ2) is 9.11. The van der Waals surface area contributed by atoms with Crippen molar-refractivity contribution >= 4 is 34.7 Å². The highest BCUT2D eigenvalue weighted by molar-refractivity contribution is 14.1. The van der Waals surface area contributed by atoms with E-state index >= 15 is 0 Å². The zero-order valence-electron chi connectivity index (χ0n) is 13.3. The minimum atomic E-state index is -0.341. The minimum absolute atomic E-state index is 0.123. The van der Waals surface area contributed by atoms with E-state index in [1.54, 1.807) is 32.6 Å². The Morgan fingerprint density at radius 2 is 1.79 bits per heavy atom. The van der Waals surface area contributed by atoms with E-state index < -0.39 is 0 Å². The molecule has 0 fully saturated rings. The zero-order chi connectivity index (χ0) is 17.4. The summed E-state index contributed by atoms with van der Waals surface area (Å²) >= 11 is 2.12. The fourth-order valence-electron chi connectivity index (χ4n) is 1.77. The average molecular weight is 440 g/mol. The molecule has 24 heavy (non-hydrogen) atoms. The summed E-state index contributed by atoms with van der Waals surface area (Å²) in [6.07, 6.45) is 1.55. The van der Waals surface area contributed by atoms with Crippen molar-refractivity contribution in [2.24, 2.45) is 5.10 Å². The van der Waals surface area contributed by atoms with Gasteiger partial charge < -0.3 is 14.2 Å². The Morgan fingerprint density at radius 1 is 1.12 bits per heavy atom. The maximum Gasteiger partial charge on any atom is 0.277 e. The normalized spacial score (nSPS) is 10.5. The molecule has 1 N–H and O–H groups in total. The Kier molecular flexibility index (Phi) is 6.86. The van der Waals surface area contributed by atoms with Gasteiger partial charge in [-0.25, -0.2) is 5.43 Å². The van der Waals surface area contributed by atoms with E-state index in [1.165, 1.54) is 0 Å². The van der Waals surface area contributed by atoms with Crippen LogP contribution in [0.5, 0.6) is 17.2 Å². The maximum absolute atomic E-state index is 11.7. The molecule has 0 spiro atoms. The second-order valence-electron chi connectivity index (χ2n) is 4.65. The molecule has 0 aliphatic rings. The van der Waals surface area contributed by atoms with Crippen molar-refractivity contribution in [1.29, 1.82) is 0 Å². The number of benzene rings is 2. The Bertz CT molecular complexity index is 717. The molecule has 0 heterocycles. The first kappa shape index (κ1) is 18.1. The average Bonchev–Trinajstić information content (AvgIpc) is 2.61. The zero-order valence-corrected chi connectivity index (χ0v) is 15.4. The van der Waals surface area contributed by atoms with Crippen molar-refractivity contribution < 1.29 is 19.0 Å². The largest absolute Gasteiger partial charge is 0.497 e. The van der Waals surface area contributed by atoms with Crippen LogP contribution in [0.25, 0.3) is 0 Å². The molecule has 0 saturated carbocycles. The summed E-state index contributed by atoms with van der Waals surface area (Å²) in [5.41, 5.74) is 3.27. The second-order valence-corrected chi connectivity index (χ2v) is 5.81. The predicted molar refractivity (Wildman–Crippen MR) is 99.9 cm³/mol. The van der Waals surface area contributed by atoms with Gasteiger partial charge >= 0.3 is 0 Å². The molecule has 0 aromatic heterocycles. The highest BCUT2D eigenvalue weighted by atomic mass is 127. The molecule has 6 nitrogen and oxygen atoms in total. The van der Waals surface area contributed by atoms with Gasteiger partial charge in [0.25, 0.3) is 5.91 Å². The van der Waals surface area contributed by atoms with Gasteiger partial charge in [-0.05, 0) is 70.6 Å². The van der Waals surface area contributed by atoms with Crippen molar-refractivity contribution in [2.45, 2.75) is 0 Å². The third kappa shape index (κ3) is 5.41. The number of methoxy groups -OCH3 is 2. The smallest absolute Gasteiger partial charge is 0.277 e. The van der Waals surface area contributed by atoms with Crippen LogP contribution in [-0.4, -0.2) is 32.9 Å². The van der Waals surface area contributed by atoms with E-state index in [-0.39, 0.29) is 12.5 Å². The van der Waals surface area contributed by atoms with E-state index in [0.717, 1.165) is 20.6 Å². The van der Waals surface area contributed by atoms with Crippen LogP contribution in [-0.2, 0) is 4.79 Å². The SMILES string of the molecule is COc1ccc(/C=N\NC(=O)COc2ccc(OC)cc2I)cc1. The van der Waals surface area contributed by atoms with Gasteiger partial charge in [0.2, 0.25) is 0 Å². The van der Waals surface area contributed by atoms with Gasteiger partial charge in [0.15, 0.2) is 6.61 Å². The van der Waals surface area contributed by atoms with Gasteiger partial charge in [0.1, 0.15) is 17.2 Å². The molecule has 0 saturated heterocycles. The lowest BCUT2D eigenvalue weighted by atomic mass is 10.2. The van der Waals surface area contributed by atoms with Crippen molar-refractivity contribution in [3.05, 3.63) is 51.6 Å². The highest BCUT2D eigenvalue weighted by Gasteiger charge is 2.06. The summed E-state index contributed by atoms with van der Waals surface area (Å²) in [5, 5.41) is 3.89. The number of carbonyl (C=O) groups is 1. The summed E-state index contributed by atoms with van der Waals surface area (Å²) in [6.45, 7) is -0.123. The van der Waals surface area contributed by atoms with E-state index in [2.05, 4.69) is 33.1 Å². The van der Waals surface area contributed by atoms with Crippen molar-refractivity contribution in [3.63, 3.8) is 0 Å². The van der Waals surface area contributed by atoms with Crippen LogP contribution in [0.3, 0.4) is 0 Å². The van der Waals surface area contributed by atoms with Gasteiger partial charge in [0.05, 0.1) is 24.0 Å². The predicted octanol–water partition coefficient (Wildman–Crippen LogP) is 2.84. The monoisotopic (exact) mass is 440 g/mol. The summed E-state index contributed by atoms with van der Waals surface area (Å²) in [7, 11) is 3.20. The first-order chi connectivity index (χ1) is 11.6. The van der Waals surface area contributed by atoms with Crippen LogP contribution >= 0.6 is 22.6 Å². The van der Waals surface area contributed by atoms with Crippen LogP contribution in [0.4, 0.5) is 0 Å². The number of carbonyl (C=O) groups excluding carboxylic acids is 1. The molecule has 2 aromatic rings. The van der Waals surface area contributed by atoms with Crippen LogP contribution in [0.1, 0.15) is 5.56 Å². The summed E-state index contributed by atoms with van der Waals surface area (Å²) in [6, 6.07) is 12.7. The third-order valence-electron chi connectivity index (χ3n) is 3.02. The number of nitrogens with one attached hydrogen (secondary N) is 1. The van der Waals surface area contributed by atoms with Crippen molar-refractivity contribution in [2.75, 3.05) is 20.8 Å². The molecule has 0 aliphatic heterocycles. The van der Waals surface area contributed by atoms with Gasteiger partial charge in [-0.15, -0.1) is 0 Å². The van der Waals surface area contributed by atoms with Gasteiger partial charge in [-0.1, -0.05) is 0 Å². The van der Waals surface area contributed by atoms with Crippen molar-refractivity contribution in [3.8, 4) is 17.2 Å². The first-order valence-electron chi connectivity index (χ1n) is 7.04. The molecule has 1 amide bonds. The fraction of sp³-hybridized carbons (Fsp3) is 0.176. The number of nitrogens with zero attached hydrogens (tertiary/aromatic N) is 1. The lowest BCUT2D eigenvalue weighted by Gasteiger charge is -2.08. The van der Waals surface area contributed by atoms with Crippen LogP contribution in [0.2, 0.25) is 0 Å². The molecular weight excluding hydrogens is 423 g/mol. The molecule has 126 valence electrons. The van der Waals surface area contributed by atoms with Gasteiger partial charge in [-0.2, -0.15) is 5.10 Å². The Hall–Kier alpha value is -2.29. The molecule has 0 aliphatic carbocycles. The Morgan fingerprint density at radius 3 is 2.42 bits per heavy atom. The van der Waals surface area contributed by atoms with Gasteiger partial charge in [0, 0.05) is 0 Å². The van der Waals surface area contributed by atoms with Crippen LogP contribution in [0.15, 0.2) is 47.6 Å². The third-order valence-corrected chi connectivity index (χ3v) is 3.86. The van der Waals surface area contributed by atoms with E-state index in [0.29, 0.717) is 5.75 Å². The van der Waals surface area contributed by atoms with Gasteiger partial charge in [-0.3, -0.25) is 4.79 Å². The number of hydrogen-bond donors (Lipinski definition) is 1. The standard InChI is InChI=1S/C17H17IN2O4/c1-22-13-5-3-12(4-6-13)10-19-20-17(21)11-24-16-8-7-14(23-2)9-15(16)18/h3-10H,11H2,1-2H3,(H,20,21)/b19-10-. The lowest BCUT2D eigenvalue weighted by molar-refractivity contribution is -0.123. The van der Waals surface area contributed by atoms with E-state index in [9.17, 15) is 4.79 Å². The van der Waals surface area contributed by atoms with E-state index in [4.69, 9.17) is 14.2 Å². The molecule has 0 radical (unpaired) electrons. The van der Waals surface area contributed by atoms with E-state index in [1.807, 2.05) is 30.3 Å². The maximum atomic E-state index is 11.7. The molecule has 0 atom stereocenters. The molecule has 2 rings (SSSR count). The molecule has 0 unspecified atom stereocenters.